The highest BCUT2D eigenvalue weighted by Gasteiger charge is 2.27. The molecule has 7 nitrogen and oxygen atoms in total. The zero-order valence-corrected chi connectivity index (χ0v) is 17.4. The second-order valence-electron chi connectivity index (χ2n) is 6.84. The van der Waals surface area contributed by atoms with Gasteiger partial charge in [-0.15, -0.1) is 0 Å². The van der Waals surface area contributed by atoms with Crippen LogP contribution in [-0.4, -0.2) is 58.2 Å². The zero-order chi connectivity index (χ0) is 19.7. The van der Waals surface area contributed by atoms with E-state index >= 15 is 0 Å². The van der Waals surface area contributed by atoms with Crippen molar-refractivity contribution < 1.29 is 4.79 Å². The van der Waals surface area contributed by atoms with Gasteiger partial charge in [0.05, 0.1) is 27.8 Å². The van der Waals surface area contributed by atoms with Crippen LogP contribution in [0.25, 0.3) is 11.0 Å². The number of rotatable bonds is 4. The van der Waals surface area contributed by atoms with Gasteiger partial charge < -0.3 is 15.5 Å². The van der Waals surface area contributed by atoms with E-state index in [4.69, 9.17) is 17.3 Å². The molecule has 146 valence electrons. The van der Waals surface area contributed by atoms with E-state index < -0.39 is 6.04 Å². The number of nitrogens with two attached hydrogens (primary N) is 1. The van der Waals surface area contributed by atoms with E-state index in [0.717, 1.165) is 39.8 Å². The summed E-state index contributed by atoms with van der Waals surface area (Å²) in [5.41, 5.74) is 8.99. The lowest BCUT2D eigenvalue weighted by Crippen LogP contribution is -2.53. The summed E-state index contributed by atoms with van der Waals surface area (Å²) in [6.07, 6.45) is 4.05. The number of aromatic nitrogens is 3. The van der Waals surface area contributed by atoms with E-state index in [1.807, 2.05) is 29.2 Å². The maximum atomic E-state index is 12.8. The molecule has 1 amide bonds. The molecule has 1 saturated heterocycles. The van der Waals surface area contributed by atoms with Gasteiger partial charge in [0.25, 0.3) is 0 Å². The number of H-pyrrole nitrogens is 1. The highest BCUT2D eigenvalue weighted by atomic mass is 79.9. The molecular weight excluding hydrogens is 444 g/mol. The van der Waals surface area contributed by atoms with E-state index in [2.05, 4.69) is 36.0 Å². The summed E-state index contributed by atoms with van der Waals surface area (Å²) < 4.78 is 0.917. The van der Waals surface area contributed by atoms with Crippen LogP contribution < -0.4 is 10.6 Å². The fraction of sp³-hybridized carbons (Fsp3) is 0.316. The number of hydrogen-bond donors (Lipinski definition) is 2. The van der Waals surface area contributed by atoms with E-state index in [0.29, 0.717) is 24.5 Å². The molecule has 1 unspecified atom stereocenters. The van der Waals surface area contributed by atoms with Crippen molar-refractivity contribution in [1.82, 2.24) is 20.1 Å². The van der Waals surface area contributed by atoms with Crippen LogP contribution in [0.3, 0.4) is 0 Å². The van der Waals surface area contributed by atoms with Crippen LogP contribution in [0, 0.1) is 0 Å². The monoisotopic (exact) mass is 462 g/mol. The third-order valence-electron chi connectivity index (χ3n) is 5.00. The molecule has 0 saturated carbocycles. The van der Waals surface area contributed by atoms with Gasteiger partial charge in [-0.25, -0.2) is 4.98 Å². The molecule has 0 bridgehead atoms. The summed E-state index contributed by atoms with van der Waals surface area (Å²) in [7, 11) is 0. The highest BCUT2D eigenvalue weighted by molar-refractivity contribution is 9.10. The maximum absolute atomic E-state index is 12.8. The van der Waals surface area contributed by atoms with Gasteiger partial charge in [0, 0.05) is 37.4 Å². The highest BCUT2D eigenvalue weighted by Crippen LogP contribution is 2.33. The molecule has 1 fully saturated rings. The Morgan fingerprint density at radius 1 is 1.21 bits per heavy atom. The van der Waals surface area contributed by atoms with Gasteiger partial charge in [0.15, 0.2) is 5.65 Å². The largest absolute Gasteiger partial charge is 0.366 e. The van der Waals surface area contributed by atoms with Crippen molar-refractivity contribution in [2.24, 2.45) is 5.73 Å². The third-order valence-corrected chi connectivity index (χ3v) is 5.83. The Kier molecular flexibility index (Phi) is 5.52. The van der Waals surface area contributed by atoms with E-state index in [-0.39, 0.29) is 5.91 Å². The van der Waals surface area contributed by atoms with Gasteiger partial charge in [-0.1, -0.05) is 23.7 Å². The summed E-state index contributed by atoms with van der Waals surface area (Å²) in [5.74, 6) is -0.0168. The Morgan fingerprint density at radius 3 is 2.64 bits per heavy atom. The van der Waals surface area contributed by atoms with Gasteiger partial charge in [-0.2, -0.15) is 5.10 Å². The average molecular weight is 464 g/mol. The Labute approximate surface area is 176 Å². The summed E-state index contributed by atoms with van der Waals surface area (Å²) in [6, 6.07) is 6.89. The summed E-state index contributed by atoms with van der Waals surface area (Å²) in [6.45, 7) is 2.70. The molecule has 1 aliphatic rings. The molecule has 0 aliphatic carbocycles. The van der Waals surface area contributed by atoms with Crippen LogP contribution in [0.1, 0.15) is 5.56 Å². The van der Waals surface area contributed by atoms with Crippen LogP contribution in [0.2, 0.25) is 5.02 Å². The quantitative estimate of drug-likeness (QED) is 0.620. The van der Waals surface area contributed by atoms with E-state index in [1.54, 1.807) is 12.4 Å². The predicted octanol–water partition coefficient (Wildman–Crippen LogP) is 2.59. The Balaban J connectivity index is 1.40. The SMILES string of the molecule is NC(Cc1ccc(Cl)cc1)C(=O)N1CCN(c2c(Br)cnc3[nH]ncc23)CC1. The number of hydrogen-bond acceptors (Lipinski definition) is 5. The van der Waals surface area contributed by atoms with E-state index in [1.165, 1.54) is 0 Å². The van der Waals surface area contributed by atoms with Crippen molar-refractivity contribution in [3.8, 4) is 0 Å². The Morgan fingerprint density at radius 2 is 1.93 bits per heavy atom. The fourth-order valence-electron chi connectivity index (χ4n) is 3.53. The van der Waals surface area contributed by atoms with Crippen LogP contribution >= 0.6 is 27.5 Å². The van der Waals surface area contributed by atoms with Crippen molar-refractivity contribution >= 4 is 50.2 Å². The lowest BCUT2D eigenvalue weighted by Gasteiger charge is -2.37. The van der Waals surface area contributed by atoms with Crippen molar-refractivity contribution in [3.05, 3.63) is 51.7 Å². The first-order valence-corrected chi connectivity index (χ1v) is 10.2. The average Bonchev–Trinajstić information content (AvgIpc) is 3.18. The fourth-order valence-corrected chi connectivity index (χ4v) is 4.22. The lowest BCUT2D eigenvalue weighted by molar-refractivity contribution is -0.132. The van der Waals surface area contributed by atoms with Crippen molar-refractivity contribution in [1.29, 1.82) is 0 Å². The van der Waals surface area contributed by atoms with Crippen LogP contribution in [0.15, 0.2) is 41.1 Å². The number of fused-ring (bicyclic) bond motifs is 1. The van der Waals surface area contributed by atoms with Crippen LogP contribution in [0.5, 0.6) is 0 Å². The molecule has 28 heavy (non-hydrogen) atoms. The van der Waals surface area contributed by atoms with Crippen molar-refractivity contribution in [2.45, 2.75) is 12.5 Å². The number of carbonyl (C=O) groups excluding carboxylic acids is 1. The van der Waals surface area contributed by atoms with Gasteiger partial charge >= 0.3 is 0 Å². The van der Waals surface area contributed by atoms with Gasteiger partial charge in [-0.3, -0.25) is 9.89 Å². The molecule has 3 aromatic rings. The summed E-state index contributed by atoms with van der Waals surface area (Å²) in [4.78, 5) is 21.2. The molecule has 3 heterocycles. The smallest absolute Gasteiger partial charge is 0.239 e. The molecule has 3 N–H and O–H groups in total. The minimum atomic E-state index is -0.555. The standard InChI is InChI=1S/C19H20BrClN6O/c20-15-11-23-18-14(10-24-25-18)17(15)26-5-7-27(8-6-26)19(28)16(22)9-12-1-3-13(21)4-2-12/h1-4,10-11,16H,5-9,22H2,(H,23,24,25). The molecule has 1 aliphatic heterocycles. The van der Waals surface area contributed by atoms with Gasteiger partial charge in [0.2, 0.25) is 5.91 Å². The lowest BCUT2D eigenvalue weighted by atomic mass is 10.1. The minimum Gasteiger partial charge on any atom is -0.366 e. The molecule has 0 radical (unpaired) electrons. The van der Waals surface area contributed by atoms with Crippen molar-refractivity contribution in [2.75, 3.05) is 31.1 Å². The molecule has 0 spiro atoms. The molecule has 1 aromatic carbocycles. The van der Waals surface area contributed by atoms with Crippen molar-refractivity contribution in [3.63, 3.8) is 0 Å². The number of halogens is 2. The second-order valence-corrected chi connectivity index (χ2v) is 8.13. The minimum absolute atomic E-state index is 0.0168. The Bertz CT molecular complexity index is 984. The van der Waals surface area contributed by atoms with Crippen LogP contribution in [-0.2, 0) is 11.2 Å². The summed E-state index contributed by atoms with van der Waals surface area (Å²) in [5, 5.41) is 8.62. The first-order valence-electron chi connectivity index (χ1n) is 9.04. The number of nitrogens with one attached hydrogen (secondary N) is 1. The normalized spacial score (nSPS) is 15.8. The maximum Gasteiger partial charge on any atom is 0.239 e. The zero-order valence-electron chi connectivity index (χ0n) is 15.1. The molecule has 1 atom stereocenters. The topological polar surface area (TPSA) is 91.1 Å². The van der Waals surface area contributed by atoms with Gasteiger partial charge in [0.1, 0.15) is 0 Å². The number of aromatic amines is 1. The molecule has 2 aromatic heterocycles. The number of pyridine rings is 1. The number of nitrogens with zero attached hydrogens (tertiary/aromatic N) is 4. The van der Waals surface area contributed by atoms with E-state index in [9.17, 15) is 4.79 Å². The van der Waals surface area contributed by atoms with Crippen LogP contribution in [0.4, 0.5) is 5.69 Å². The number of piperazine rings is 1. The number of benzene rings is 1. The number of amides is 1. The third kappa shape index (κ3) is 3.85. The predicted molar refractivity (Wildman–Crippen MR) is 114 cm³/mol. The van der Waals surface area contributed by atoms with Gasteiger partial charge in [-0.05, 0) is 40.0 Å². The Hall–Kier alpha value is -2.16. The summed E-state index contributed by atoms with van der Waals surface area (Å²) >= 11 is 9.50. The number of anilines is 1. The molecular formula is C19H20BrClN6O. The molecule has 9 heteroatoms. The second kappa shape index (κ2) is 8.06. The first kappa shape index (κ1) is 19.2. The first-order chi connectivity index (χ1) is 13.5. The number of carbonyl (C=O) groups is 1. The molecule has 4 rings (SSSR count).